The summed E-state index contributed by atoms with van der Waals surface area (Å²) in [6, 6.07) is 1.56. The van der Waals surface area contributed by atoms with Crippen molar-refractivity contribution in [2.75, 3.05) is 44.3 Å². The first kappa shape index (κ1) is 18.1. The second-order valence-corrected chi connectivity index (χ2v) is 8.18. The topological polar surface area (TPSA) is 91.4 Å². The minimum Gasteiger partial charge on any atom is -0.378 e. The second kappa shape index (κ2) is 7.40. The Labute approximate surface area is 161 Å². The van der Waals surface area contributed by atoms with Crippen LogP contribution in [0.5, 0.6) is 0 Å². The zero-order valence-electron chi connectivity index (χ0n) is 15.5. The normalized spacial score (nSPS) is 20.3. The van der Waals surface area contributed by atoms with Gasteiger partial charge in [0.25, 0.3) is 11.5 Å². The average Bonchev–Trinajstić information content (AvgIpc) is 3.28. The van der Waals surface area contributed by atoms with E-state index in [2.05, 4.69) is 9.97 Å². The van der Waals surface area contributed by atoms with Crippen molar-refractivity contribution < 1.29 is 9.53 Å². The lowest BCUT2D eigenvalue weighted by Gasteiger charge is -2.27. The smallest absolute Gasteiger partial charge is 0.265 e. The Bertz CT molecular complexity index is 903. The molecule has 8 nitrogen and oxygen atoms in total. The van der Waals surface area contributed by atoms with Gasteiger partial charge >= 0.3 is 0 Å². The second-order valence-electron chi connectivity index (χ2n) is 6.98. The summed E-state index contributed by atoms with van der Waals surface area (Å²) in [5.74, 6) is 0.698. The van der Waals surface area contributed by atoms with Gasteiger partial charge in [-0.2, -0.15) is 0 Å². The lowest BCUT2D eigenvalue weighted by Crippen LogP contribution is -2.38. The number of thiazole rings is 1. The molecule has 1 unspecified atom stereocenters. The minimum absolute atomic E-state index is 0.0267. The number of rotatable bonds is 3. The molecule has 0 radical (unpaired) electrons. The third kappa shape index (κ3) is 3.74. The molecular weight excluding hydrogens is 366 g/mol. The van der Waals surface area contributed by atoms with Crippen molar-refractivity contribution in [2.45, 2.75) is 26.2 Å². The number of nitrogens with zero attached hydrogens (tertiary/aromatic N) is 4. The number of morpholine rings is 1. The van der Waals surface area contributed by atoms with E-state index in [4.69, 9.17) is 9.72 Å². The molecule has 27 heavy (non-hydrogen) atoms. The lowest BCUT2D eigenvalue weighted by molar-refractivity contribution is 0.0794. The van der Waals surface area contributed by atoms with Crippen molar-refractivity contribution in [1.29, 1.82) is 0 Å². The molecule has 0 spiro atoms. The first-order valence-electron chi connectivity index (χ1n) is 9.18. The fourth-order valence-corrected chi connectivity index (χ4v) is 4.54. The molecule has 0 aliphatic carbocycles. The van der Waals surface area contributed by atoms with Gasteiger partial charge in [-0.3, -0.25) is 14.6 Å². The maximum atomic E-state index is 12.8. The summed E-state index contributed by atoms with van der Waals surface area (Å²) >= 11 is 1.44. The van der Waals surface area contributed by atoms with Gasteiger partial charge in [0.2, 0.25) is 5.95 Å². The molecule has 1 amide bonds. The lowest BCUT2D eigenvalue weighted by atomic mass is 10.1. The molecular formula is C18H23N5O3S. The van der Waals surface area contributed by atoms with E-state index in [1.165, 1.54) is 11.3 Å². The van der Waals surface area contributed by atoms with Crippen LogP contribution in [0.1, 0.15) is 38.4 Å². The number of anilines is 1. The number of nitrogens with one attached hydrogen (secondary N) is 1. The van der Waals surface area contributed by atoms with E-state index < -0.39 is 0 Å². The summed E-state index contributed by atoms with van der Waals surface area (Å²) in [6.45, 7) is 7.72. The maximum Gasteiger partial charge on any atom is 0.265 e. The van der Waals surface area contributed by atoms with Gasteiger partial charge < -0.3 is 14.5 Å². The highest BCUT2D eigenvalue weighted by Gasteiger charge is 2.31. The van der Waals surface area contributed by atoms with Gasteiger partial charge in [0.1, 0.15) is 4.88 Å². The van der Waals surface area contributed by atoms with Gasteiger partial charge in [-0.25, -0.2) is 9.97 Å². The molecule has 2 saturated heterocycles. The summed E-state index contributed by atoms with van der Waals surface area (Å²) < 4.78 is 5.37. The number of hydrogen-bond donors (Lipinski definition) is 1. The summed E-state index contributed by atoms with van der Waals surface area (Å²) in [5.41, 5.74) is 1.39. The Morgan fingerprint density at radius 3 is 2.74 bits per heavy atom. The van der Waals surface area contributed by atoms with E-state index in [9.17, 15) is 9.59 Å². The van der Waals surface area contributed by atoms with Crippen LogP contribution in [-0.2, 0) is 4.74 Å². The van der Waals surface area contributed by atoms with Crippen LogP contribution in [0.2, 0.25) is 0 Å². The van der Waals surface area contributed by atoms with Gasteiger partial charge in [0.05, 0.1) is 29.6 Å². The number of aromatic amines is 1. The Kier molecular flexibility index (Phi) is 4.96. The fourth-order valence-electron chi connectivity index (χ4n) is 3.66. The first-order chi connectivity index (χ1) is 13.0. The van der Waals surface area contributed by atoms with Gasteiger partial charge in [-0.1, -0.05) is 0 Å². The third-order valence-electron chi connectivity index (χ3n) is 5.05. The molecule has 9 heteroatoms. The predicted molar refractivity (Wildman–Crippen MR) is 103 cm³/mol. The summed E-state index contributed by atoms with van der Waals surface area (Å²) in [7, 11) is 0. The van der Waals surface area contributed by atoms with Crippen LogP contribution in [0.4, 0.5) is 5.95 Å². The number of amides is 1. The van der Waals surface area contributed by atoms with E-state index in [1.807, 2.05) is 23.6 Å². The van der Waals surface area contributed by atoms with Gasteiger partial charge in [0, 0.05) is 38.2 Å². The van der Waals surface area contributed by atoms with E-state index in [0.717, 1.165) is 22.8 Å². The highest BCUT2D eigenvalue weighted by Crippen LogP contribution is 2.29. The summed E-state index contributed by atoms with van der Waals surface area (Å²) in [5, 5.41) is 0.901. The number of carbonyl (C=O) groups is 1. The van der Waals surface area contributed by atoms with Gasteiger partial charge in [0.15, 0.2) is 0 Å². The first-order valence-corrected chi connectivity index (χ1v) is 10.00. The van der Waals surface area contributed by atoms with Crippen LogP contribution in [-0.4, -0.2) is 65.2 Å². The van der Waals surface area contributed by atoms with Crippen LogP contribution in [0, 0.1) is 13.8 Å². The molecule has 0 saturated carbocycles. The van der Waals surface area contributed by atoms with Gasteiger partial charge in [-0.15, -0.1) is 11.3 Å². The molecule has 1 atom stereocenters. The van der Waals surface area contributed by atoms with Crippen LogP contribution >= 0.6 is 11.3 Å². The monoisotopic (exact) mass is 389 g/mol. The largest absolute Gasteiger partial charge is 0.378 e. The molecule has 0 bridgehead atoms. The highest BCUT2D eigenvalue weighted by atomic mass is 32.1. The number of aromatic nitrogens is 3. The molecule has 0 aromatic carbocycles. The van der Waals surface area contributed by atoms with Crippen molar-refractivity contribution in [3.8, 4) is 0 Å². The molecule has 2 aliphatic heterocycles. The molecule has 4 heterocycles. The van der Waals surface area contributed by atoms with Gasteiger partial charge in [-0.05, 0) is 20.3 Å². The predicted octanol–water partition coefficient (Wildman–Crippen LogP) is 1.31. The molecule has 4 rings (SSSR count). The van der Waals surface area contributed by atoms with Crippen molar-refractivity contribution >= 4 is 23.2 Å². The third-order valence-corrected chi connectivity index (χ3v) is 6.11. The van der Waals surface area contributed by atoms with Crippen molar-refractivity contribution in [3.05, 3.63) is 37.7 Å². The molecule has 2 aliphatic rings. The fraction of sp³-hybridized carbons (Fsp3) is 0.556. The van der Waals surface area contributed by atoms with Crippen LogP contribution in [0.25, 0.3) is 0 Å². The Balaban J connectivity index is 1.51. The van der Waals surface area contributed by atoms with E-state index in [-0.39, 0.29) is 17.4 Å². The van der Waals surface area contributed by atoms with Crippen molar-refractivity contribution in [2.24, 2.45) is 0 Å². The van der Waals surface area contributed by atoms with Crippen molar-refractivity contribution in [3.63, 3.8) is 0 Å². The molecule has 144 valence electrons. The van der Waals surface area contributed by atoms with E-state index in [0.29, 0.717) is 50.2 Å². The SMILES string of the molecule is Cc1nc(C)c(C(=O)N2CCC(c3cc(=O)[nH]c(N4CCOCC4)n3)C2)s1. The number of likely N-dealkylation sites (tertiary alicyclic amines) is 1. The Morgan fingerprint density at radius 2 is 2.04 bits per heavy atom. The molecule has 1 N–H and O–H groups in total. The van der Waals surface area contributed by atoms with Crippen LogP contribution in [0.3, 0.4) is 0 Å². The number of hydrogen-bond acceptors (Lipinski definition) is 7. The number of ether oxygens (including phenoxy) is 1. The quantitative estimate of drug-likeness (QED) is 0.851. The van der Waals surface area contributed by atoms with Crippen LogP contribution in [0.15, 0.2) is 10.9 Å². The zero-order valence-corrected chi connectivity index (χ0v) is 16.3. The number of carbonyl (C=O) groups excluding carboxylic acids is 1. The molecule has 2 fully saturated rings. The average molecular weight is 389 g/mol. The van der Waals surface area contributed by atoms with E-state index in [1.54, 1.807) is 6.07 Å². The Morgan fingerprint density at radius 1 is 1.26 bits per heavy atom. The van der Waals surface area contributed by atoms with E-state index >= 15 is 0 Å². The number of aryl methyl sites for hydroxylation is 2. The molecule has 2 aromatic heterocycles. The number of H-pyrrole nitrogens is 1. The highest BCUT2D eigenvalue weighted by molar-refractivity contribution is 7.13. The molecule has 2 aromatic rings. The van der Waals surface area contributed by atoms with Crippen molar-refractivity contribution in [1.82, 2.24) is 19.9 Å². The maximum absolute atomic E-state index is 12.8. The zero-order chi connectivity index (χ0) is 19.0. The summed E-state index contributed by atoms with van der Waals surface area (Å²) in [4.78, 5) is 41.5. The minimum atomic E-state index is -0.153. The Hall–Kier alpha value is -2.26. The summed E-state index contributed by atoms with van der Waals surface area (Å²) in [6.07, 6.45) is 0.807. The van der Waals surface area contributed by atoms with Crippen LogP contribution < -0.4 is 10.5 Å². The standard InChI is InChI=1S/C18H23N5O3S/c1-11-16(27-12(2)19-11)17(25)23-4-3-13(10-23)14-9-15(24)21-18(20-14)22-5-7-26-8-6-22/h9,13H,3-8,10H2,1-2H3,(H,20,21,24).